The quantitative estimate of drug-likeness (QED) is 0.844. The molecule has 3 aliphatic rings. The fourth-order valence-electron chi connectivity index (χ4n) is 3.77. The molecular weight excluding hydrogens is 343 g/mol. The van der Waals surface area contributed by atoms with E-state index in [4.69, 9.17) is 5.26 Å². The molecule has 3 fully saturated rings. The number of piperazine rings is 1. The lowest BCUT2D eigenvalue weighted by atomic mass is 9.87. The molecule has 3 saturated heterocycles. The van der Waals surface area contributed by atoms with Crippen LogP contribution in [0, 0.1) is 11.3 Å². The topological polar surface area (TPSA) is 56.1 Å². The molecule has 134 valence electrons. The molecule has 3 aliphatic heterocycles. The van der Waals surface area contributed by atoms with Crippen LogP contribution in [0.15, 0.2) is 36.7 Å². The molecular formula is C18H16F3N5. The van der Waals surface area contributed by atoms with Gasteiger partial charge in [0.1, 0.15) is 11.5 Å². The van der Waals surface area contributed by atoms with Crippen LogP contribution in [-0.4, -0.2) is 40.0 Å². The van der Waals surface area contributed by atoms with E-state index in [0.717, 1.165) is 37.0 Å². The van der Waals surface area contributed by atoms with E-state index in [0.29, 0.717) is 24.2 Å². The van der Waals surface area contributed by atoms with Crippen molar-refractivity contribution in [1.82, 2.24) is 14.9 Å². The van der Waals surface area contributed by atoms with Crippen LogP contribution < -0.4 is 4.90 Å². The second-order valence-corrected chi connectivity index (χ2v) is 6.71. The van der Waals surface area contributed by atoms with Gasteiger partial charge in [-0.05, 0) is 30.2 Å². The molecule has 5 nitrogen and oxygen atoms in total. The summed E-state index contributed by atoms with van der Waals surface area (Å²) in [5.74, 6) is 0.821. The molecule has 2 atom stereocenters. The van der Waals surface area contributed by atoms with E-state index in [-0.39, 0.29) is 0 Å². The molecule has 2 aromatic heterocycles. The van der Waals surface area contributed by atoms with Crippen LogP contribution in [0.1, 0.15) is 23.2 Å². The number of hydrogen-bond donors (Lipinski definition) is 0. The lowest BCUT2D eigenvalue weighted by Crippen LogP contribution is -2.69. The van der Waals surface area contributed by atoms with Gasteiger partial charge in [-0.2, -0.15) is 18.4 Å². The molecule has 0 aliphatic carbocycles. The highest BCUT2D eigenvalue weighted by Crippen LogP contribution is 2.36. The Morgan fingerprint density at radius 1 is 1.15 bits per heavy atom. The van der Waals surface area contributed by atoms with Crippen molar-refractivity contribution in [3.63, 3.8) is 0 Å². The molecule has 0 radical (unpaired) electrons. The minimum absolute atomic E-state index is 0.317. The van der Waals surface area contributed by atoms with Gasteiger partial charge in [-0.25, -0.2) is 4.98 Å². The number of hydrogen-bond acceptors (Lipinski definition) is 5. The molecule has 2 unspecified atom stereocenters. The predicted octanol–water partition coefficient (Wildman–Crippen LogP) is 2.83. The second-order valence-electron chi connectivity index (χ2n) is 6.71. The minimum Gasteiger partial charge on any atom is -0.348 e. The zero-order valence-electron chi connectivity index (χ0n) is 13.8. The number of rotatable bonds is 3. The summed E-state index contributed by atoms with van der Waals surface area (Å²) in [5.41, 5.74) is 0.500. The molecule has 26 heavy (non-hydrogen) atoms. The molecule has 0 saturated carbocycles. The van der Waals surface area contributed by atoms with Gasteiger partial charge in [0.05, 0.1) is 11.6 Å². The molecule has 0 spiro atoms. The van der Waals surface area contributed by atoms with Crippen molar-refractivity contribution < 1.29 is 13.2 Å². The van der Waals surface area contributed by atoms with E-state index in [2.05, 4.69) is 25.8 Å². The van der Waals surface area contributed by atoms with Gasteiger partial charge in [-0.15, -0.1) is 0 Å². The highest BCUT2D eigenvalue weighted by Gasteiger charge is 2.45. The number of fused-ring (bicyclic) bond motifs is 2. The lowest BCUT2D eigenvalue weighted by Gasteiger charge is -2.57. The molecule has 5 heterocycles. The Bertz CT molecular complexity index is 831. The third-order valence-electron chi connectivity index (χ3n) is 4.93. The van der Waals surface area contributed by atoms with Crippen molar-refractivity contribution in [2.24, 2.45) is 0 Å². The average Bonchev–Trinajstić information content (AvgIpc) is 2.61. The Hall–Kier alpha value is -2.66. The predicted molar refractivity (Wildman–Crippen MR) is 88.1 cm³/mol. The number of piperidine rings is 1. The highest BCUT2D eigenvalue weighted by molar-refractivity contribution is 5.50. The van der Waals surface area contributed by atoms with Crippen molar-refractivity contribution >= 4 is 5.82 Å². The monoisotopic (exact) mass is 359 g/mol. The Labute approximate surface area is 148 Å². The zero-order valence-corrected chi connectivity index (χ0v) is 13.8. The summed E-state index contributed by atoms with van der Waals surface area (Å²) in [6.07, 6.45) is -0.386. The first kappa shape index (κ1) is 16.8. The van der Waals surface area contributed by atoms with E-state index in [1.165, 1.54) is 12.3 Å². The maximum absolute atomic E-state index is 12.6. The zero-order chi connectivity index (χ0) is 18.3. The Morgan fingerprint density at radius 2 is 1.92 bits per heavy atom. The standard InChI is InChI=1S/C18H16F3N5/c19-18(20,21)16-2-1-13(8-24-16)9-25-10-14-6-15(11-25)26(14)17-5-12(7-22)3-4-23-17/h1-5,8,14-15H,6,9-11H2. The molecule has 0 N–H and O–H groups in total. The van der Waals surface area contributed by atoms with Crippen LogP contribution in [0.3, 0.4) is 0 Å². The second kappa shape index (κ2) is 6.25. The number of pyridine rings is 2. The van der Waals surface area contributed by atoms with Crippen LogP contribution in [0.2, 0.25) is 0 Å². The van der Waals surface area contributed by atoms with E-state index in [1.54, 1.807) is 18.3 Å². The number of alkyl halides is 3. The summed E-state index contributed by atoms with van der Waals surface area (Å²) in [7, 11) is 0. The van der Waals surface area contributed by atoms with Crippen molar-refractivity contribution in [2.75, 3.05) is 18.0 Å². The number of aromatic nitrogens is 2. The third kappa shape index (κ3) is 3.10. The van der Waals surface area contributed by atoms with Gasteiger partial charge in [0.15, 0.2) is 0 Å². The van der Waals surface area contributed by atoms with Gasteiger partial charge in [0.2, 0.25) is 0 Å². The summed E-state index contributed by atoms with van der Waals surface area (Å²) < 4.78 is 37.8. The molecule has 5 rings (SSSR count). The van der Waals surface area contributed by atoms with Gasteiger partial charge < -0.3 is 4.90 Å². The fourth-order valence-corrected chi connectivity index (χ4v) is 3.77. The summed E-state index contributed by atoms with van der Waals surface area (Å²) in [6.45, 7) is 2.21. The van der Waals surface area contributed by atoms with Gasteiger partial charge in [0.25, 0.3) is 0 Å². The first-order valence-corrected chi connectivity index (χ1v) is 8.33. The molecule has 2 aromatic rings. The number of nitrogens with zero attached hydrogens (tertiary/aromatic N) is 5. The molecule has 2 bridgehead atoms. The van der Waals surface area contributed by atoms with Gasteiger partial charge >= 0.3 is 6.18 Å². The summed E-state index contributed by atoms with van der Waals surface area (Å²) in [4.78, 5) is 12.4. The third-order valence-corrected chi connectivity index (χ3v) is 4.93. The molecule has 0 amide bonds. The van der Waals surface area contributed by atoms with E-state index in [9.17, 15) is 13.2 Å². The SMILES string of the molecule is N#Cc1ccnc(N2C3CC2CN(Cc2ccc(C(F)(F)F)nc2)C3)c1. The first-order chi connectivity index (χ1) is 12.4. The molecule has 8 heteroatoms. The van der Waals surface area contributed by atoms with Crippen LogP contribution in [-0.2, 0) is 12.7 Å². The van der Waals surface area contributed by atoms with Crippen LogP contribution >= 0.6 is 0 Å². The van der Waals surface area contributed by atoms with Gasteiger partial charge in [-0.1, -0.05) is 6.07 Å². The van der Waals surface area contributed by atoms with Crippen molar-refractivity contribution in [3.8, 4) is 6.07 Å². The number of halogens is 3. The molecule has 0 aromatic carbocycles. The smallest absolute Gasteiger partial charge is 0.348 e. The minimum atomic E-state index is -4.41. The summed E-state index contributed by atoms with van der Waals surface area (Å²) >= 11 is 0. The van der Waals surface area contributed by atoms with Crippen LogP contribution in [0.25, 0.3) is 0 Å². The normalized spacial score (nSPS) is 22.6. The van der Waals surface area contributed by atoms with Crippen molar-refractivity contribution in [3.05, 3.63) is 53.5 Å². The highest BCUT2D eigenvalue weighted by atomic mass is 19.4. The Morgan fingerprint density at radius 3 is 2.54 bits per heavy atom. The Balaban J connectivity index is 1.40. The van der Waals surface area contributed by atoms with Crippen LogP contribution in [0.5, 0.6) is 0 Å². The van der Waals surface area contributed by atoms with E-state index in [1.807, 2.05) is 0 Å². The number of anilines is 1. The van der Waals surface area contributed by atoms with Crippen LogP contribution in [0.4, 0.5) is 19.0 Å². The largest absolute Gasteiger partial charge is 0.433 e. The fraction of sp³-hybridized carbons (Fsp3) is 0.389. The summed E-state index contributed by atoms with van der Waals surface area (Å²) in [5, 5.41) is 9.03. The van der Waals surface area contributed by atoms with E-state index >= 15 is 0 Å². The van der Waals surface area contributed by atoms with E-state index < -0.39 is 11.9 Å². The maximum Gasteiger partial charge on any atom is 0.433 e. The number of nitriles is 1. The lowest BCUT2D eigenvalue weighted by molar-refractivity contribution is -0.141. The average molecular weight is 359 g/mol. The maximum atomic E-state index is 12.6. The van der Waals surface area contributed by atoms with Crippen molar-refractivity contribution in [2.45, 2.75) is 31.2 Å². The van der Waals surface area contributed by atoms with Gasteiger partial charge in [0, 0.05) is 44.1 Å². The van der Waals surface area contributed by atoms with Gasteiger partial charge in [-0.3, -0.25) is 9.88 Å². The Kier molecular flexibility index (Phi) is 4.04. The summed E-state index contributed by atoms with van der Waals surface area (Å²) in [6, 6.07) is 8.77. The van der Waals surface area contributed by atoms with Crippen molar-refractivity contribution in [1.29, 1.82) is 5.26 Å². The first-order valence-electron chi connectivity index (χ1n) is 8.33.